The minimum atomic E-state index is -4.77. The third kappa shape index (κ3) is 6.91. The number of hydrogen-bond donors (Lipinski definition) is 4. The minimum Gasteiger partial charge on any atom is -0.365 e. The summed E-state index contributed by atoms with van der Waals surface area (Å²) in [6.07, 6.45) is -4.29. The molecule has 0 aliphatic carbocycles. The van der Waals surface area contributed by atoms with Crippen LogP contribution in [0.15, 0.2) is 30.3 Å². The van der Waals surface area contributed by atoms with Gasteiger partial charge in [-0.25, -0.2) is 9.97 Å². The average molecular weight is 489 g/mol. The van der Waals surface area contributed by atoms with Crippen molar-refractivity contribution in [3.63, 3.8) is 0 Å². The van der Waals surface area contributed by atoms with E-state index in [1.54, 1.807) is 24.3 Å². The van der Waals surface area contributed by atoms with Crippen LogP contribution >= 0.6 is 0 Å². The smallest absolute Gasteiger partial charge is 0.365 e. The van der Waals surface area contributed by atoms with Crippen molar-refractivity contribution in [2.45, 2.75) is 38.0 Å². The van der Waals surface area contributed by atoms with Gasteiger partial charge in [0.15, 0.2) is 6.35 Å². The Morgan fingerprint density at radius 1 is 1.21 bits per heavy atom. The molecule has 0 bridgehead atoms. The van der Waals surface area contributed by atoms with E-state index in [0.717, 1.165) is 0 Å². The zero-order valence-electron chi connectivity index (χ0n) is 17.2. The average Bonchev–Trinajstić information content (AvgIpc) is 3.24. The van der Waals surface area contributed by atoms with Gasteiger partial charge in [0.25, 0.3) is 10.1 Å². The predicted molar refractivity (Wildman–Crippen MR) is 111 cm³/mol. The van der Waals surface area contributed by atoms with Crippen LogP contribution in [0.4, 0.5) is 19.0 Å². The highest BCUT2D eigenvalue weighted by Crippen LogP contribution is 2.32. The SMILES string of the molecule is O=C[C@@H]1CCCN1c1cc(-c2ccc(CNC(O)NCS(=O)(=O)O)cc2)nc(C(F)(F)F)n1. The van der Waals surface area contributed by atoms with Crippen molar-refractivity contribution in [3.8, 4) is 11.3 Å². The molecular formula is C19H22F3N5O5S. The molecule has 0 amide bonds. The summed E-state index contributed by atoms with van der Waals surface area (Å²) in [6, 6.07) is 7.15. The molecule has 1 fully saturated rings. The Bertz CT molecular complexity index is 1080. The molecule has 0 spiro atoms. The van der Waals surface area contributed by atoms with Gasteiger partial charge in [0, 0.05) is 24.7 Å². The lowest BCUT2D eigenvalue weighted by Gasteiger charge is -2.23. The van der Waals surface area contributed by atoms with Crippen LogP contribution in [0.3, 0.4) is 0 Å². The summed E-state index contributed by atoms with van der Waals surface area (Å²) in [5.41, 5.74) is 1.07. The molecule has 2 atom stereocenters. The monoisotopic (exact) mass is 489 g/mol. The van der Waals surface area contributed by atoms with Crippen LogP contribution in [-0.2, 0) is 27.6 Å². The van der Waals surface area contributed by atoms with Crippen LogP contribution in [0, 0.1) is 0 Å². The molecule has 33 heavy (non-hydrogen) atoms. The van der Waals surface area contributed by atoms with Crippen molar-refractivity contribution in [1.82, 2.24) is 20.6 Å². The number of hydrogen-bond acceptors (Lipinski definition) is 9. The first-order valence-electron chi connectivity index (χ1n) is 9.84. The quantitative estimate of drug-likeness (QED) is 0.230. The van der Waals surface area contributed by atoms with Gasteiger partial charge in [0.1, 0.15) is 18.0 Å². The van der Waals surface area contributed by atoms with Crippen molar-refractivity contribution in [3.05, 3.63) is 41.7 Å². The molecule has 4 N–H and O–H groups in total. The second-order valence-electron chi connectivity index (χ2n) is 7.38. The van der Waals surface area contributed by atoms with Gasteiger partial charge in [-0.1, -0.05) is 24.3 Å². The number of aliphatic hydroxyl groups excluding tert-OH is 1. The molecule has 2 heterocycles. The van der Waals surface area contributed by atoms with Gasteiger partial charge < -0.3 is 14.8 Å². The summed E-state index contributed by atoms with van der Waals surface area (Å²) >= 11 is 0. The summed E-state index contributed by atoms with van der Waals surface area (Å²) in [6.45, 7) is 0.507. The third-order valence-corrected chi connectivity index (χ3v) is 5.46. The molecule has 1 aromatic carbocycles. The maximum absolute atomic E-state index is 13.4. The van der Waals surface area contributed by atoms with Gasteiger partial charge in [-0.15, -0.1) is 0 Å². The van der Waals surface area contributed by atoms with E-state index in [9.17, 15) is 31.5 Å². The molecule has 2 aromatic rings. The number of alkyl halides is 3. The van der Waals surface area contributed by atoms with Crippen LogP contribution in [0.25, 0.3) is 11.3 Å². The minimum absolute atomic E-state index is 0.0284. The van der Waals surface area contributed by atoms with Gasteiger partial charge >= 0.3 is 6.18 Å². The van der Waals surface area contributed by atoms with Gasteiger partial charge in [0.05, 0.1) is 11.7 Å². The Kier molecular flexibility index (Phi) is 7.64. The van der Waals surface area contributed by atoms with E-state index in [1.807, 2.05) is 0 Å². The first-order valence-corrected chi connectivity index (χ1v) is 11.4. The normalized spacial score (nSPS) is 17.8. The Morgan fingerprint density at radius 3 is 2.52 bits per heavy atom. The molecule has 0 saturated carbocycles. The zero-order valence-corrected chi connectivity index (χ0v) is 18.0. The van der Waals surface area contributed by atoms with E-state index in [1.165, 1.54) is 11.0 Å². The van der Waals surface area contributed by atoms with Crippen molar-refractivity contribution in [2.24, 2.45) is 0 Å². The fourth-order valence-electron chi connectivity index (χ4n) is 3.34. The predicted octanol–water partition coefficient (Wildman–Crippen LogP) is 1.13. The molecule has 14 heteroatoms. The fraction of sp³-hybridized carbons (Fsp3) is 0.421. The van der Waals surface area contributed by atoms with Crippen LogP contribution < -0.4 is 15.5 Å². The number of rotatable bonds is 9. The van der Waals surface area contributed by atoms with E-state index in [0.29, 0.717) is 36.8 Å². The van der Waals surface area contributed by atoms with Crippen molar-refractivity contribution >= 4 is 22.2 Å². The lowest BCUT2D eigenvalue weighted by molar-refractivity contribution is -0.144. The number of aromatic nitrogens is 2. The molecule has 180 valence electrons. The lowest BCUT2D eigenvalue weighted by atomic mass is 10.1. The molecule has 1 aliphatic rings. The van der Waals surface area contributed by atoms with Crippen LogP contribution in [-0.4, -0.2) is 59.1 Å². The van der Waals surface area contributed by atoms with Gasteiger partial charge in [-0.05, 0) is 18.4 Å². The number of nitrogens with zero attached hydrogens (tertiary/aromatic N) is 3. The molecule has 3 rings (SSSR count). The summed E-state index contributed by atoms with van der Waals surface area (Å²) in [4.78, 5) is 20.1. The number of carbonyl (C=O) groups excluding carboxylic acids is 1. The highest BCUT2D eigenvalue weighted by molar-refractivity contribution is 7.85. The van der Waals surface area contributed by atoms with Gasteiger partial charge in [-0.3, -0.25) is 15.2 Å². The van der Waals surface area contributed by atoms with Gasteiger partial charge in [0.2, 0.25) is 5.82 Å². The number of carbonyl (C=O) groups is 1. The van der Waals surface area contributed by atoms with E-state index < -0.39 is 40.4 Å². The molecule has 1 aromatic heterocycles. The van der Waals surface area contributed by atoms with E-state index in [2.05, 4.69) is 20.6 Å². The van der Waals surface area contributed by atoms with E-state index >= 15 is 0 Å². The number of nitrogens with one attached hydrogen (secondary N) is 2. The summed E-state index contributed by atoms with van der Waals surface area (Å²) < 4.78 is 70.2. The Morgan fingerprint density at radius 2 is 1.91 bits per heavy atom. The van der Waals surface area contributed by atoms with Crippen LogP contribution in [0.5, 0.6) is 0 Å². The number of aliphatic hydroxyl groups is 1. The summed E-state index contributed by atoms with van der Waals surface area (Å²) in [5, 5.41) is 14.4. The standard InChI is InChI=1S/C19H22F3N5O5S/c20-19(21,22)17-25-15(8-16(26-17)27-7-1-2-14(27)10-28)13-5-3-12(4-6-13)9-23-18(29)24-11-33(30,31)32/h3-6,8,10,14,18,23-24,29H,1-2,7,9,11H2,(H,30,31,32)/t14-,18?/m0/s1. The van der Waals surface area contributed by atoms with Gasteiger partial charge in [-0.2, -0.15) is 21.6 Å². The summed E-state index contributed by atoms with van der Waals surface area (Å²) in [5.74, 6) is -2.12. The molecule has 10 nitrogen and oxygen atoms in total. The summed E-state index contributed by atoms with van der Waals surface area (Å²) in [7, 11) is -4.29. The third-order valence-electron chi connectivity index (χ3n) is 4.93. The molecule has 1 saturated heterocycles. The molecule has 1 aliphatic heterocycles. The molecule has 0 radical (unpaired) electrons. The second kappa shape index (κ2) is 10.1. The number of anilines is 1. The molecular weight excluding hydrogens is 467 g/mol. The Hall–Kier alpha value is -2.65. The van der Waals surface area contributed by atoms with Crippen LogP contribution in [0.2, 0.25) is 0 Å². The topological polar surface area (TPSA) is 145 Å². The first kappa shape index (κ1) is 25.0. The second-order valence-corrected chi connectivity index (χ2v) is 8.84. The van der Waals surface area contributed by atoms with Crippen LogP contribution in [0.1, 0.15) is 24.2 Å². The van der Waals surface area contributed by atoms with Crippen molar-refractivity contribution in [1.29, 1.82) is 0 Å². The highest BCUT2D eigenvalue weighted by atomic mass is 32.2. The van der Waals surface area contributed by atoms with Crippen molar-refractivity contribution < 1.29 is 36.0 Å². The number of aldehydes is 1. The first-order chi connectivity index (χ1) is 15.5. The fourth-order valence-corrected chi connectivity index (χ4v) is 3.71. The maximum atomic E-state index is 13.4. The Labute approximate surface area is 187 Å². The molecule has 1 unspecified atom stereocenters. The lowest BCUT2D eigenvalue weighted by Crippen LogP contribution is -2.43. The highest BCUT2D eigenvalue weighted by Gasteiger charge is 2.37. The zero-order chi connectivity index (χ0) is 24.2. The number of benzene rings is 1. The Balaban J connectivity index is 1.78. The van der Waals surface area contributed by atoms with E-state index in [-0.39, 0.29) is 18.1 Å². The van der Waals surface area contributed by atoms with Crippen molar-refractivity contribution in [2.75, 3.05) is 17.3 Å². The number of halogens is 3. The van der Waals surface area contributed by atoms with E-state index in [4.69, 9.17) is 4.55 Å². The largest absolute Gasteiger partial charge is 0.451 e. The maximum Gasteiger partial charge on any atom is 0.451 e.